The summed E-state index contributed by atoms with van der Waals surface area (Å²) < 4.78 is 43.9. The molecule has 2 rings (SSSR count). The number of nitrogens with zero attached hydrogens (tertiary/aromatic N) is 1. The lowest BCUT2D eigenvalue weighted by Gasteiger charge is -2.14. The van der Waals surface area contributed by atoms with Gasteiger partial charge in [-0.05, 0) is 17.7 Å². The number of alkyl halides is 3. The van der Waals surface area contributed by atoms with Crippen LogP contribution in [0.25, 0.3) is 0 Å². The summed E-state index contributed by atoms with van der Waals surface area (Å²) in [6.07, 6.45) is -2.81. The number of aromatic nitrogens is 1. The third-order valence-electron chi connectivity index (χ3n) is 2.81. The van der Waals surface area contributed by atoms with Crippen LogP contribution in [0.2, 0.25) is 0 Å². The van der Waals surface area contributed by atoms with E-state index in [1.807, 2.05) is 0 Å². The first kappa shape index (κ1) is 15.6. The van der Waals surface area contributed by atoms with Crippen LogP contribution in [0, 0.1) is 0 Å². The molecule has 0 saturated heterocycles. The zero-order valence-electron chi connectivity index (χ0n) is 11.2. The lowest BCUT2D eigenvalue weighted by atomic mass is 10.1. The van der Waals surface area contributed by atoms with Gasteiger partial charge in [0.05, 0.1) is 12.7 Å². The summed E-state index contributed by atoms with van der Waals surface area (Å²) in [6, 6.07) is 3.92. The highest BCUT2D eigenvalue weighted by atomic mass is 32.1. The number of nitrogen functional groups attached to an aromatic ring is 1. The molecule has 0 fully saturated rings. The van der Waals surface area contributed by atoms with Crippen molar-refractivity contribution in [2.45, 2.75) is 19.3 Å². The van der Waals surface area contributed by atoms with Crippen molar-refractivity contribution >= 4 is 16.5 Å². The fourth-order valence-corrected chi connectivity index (χ4v) is 2.48. The van der Waals surface area contributed by atoms with Crippen LogP contribution >= 0.6 is 11.3 Å². The molecule has 0 aliphatic carbocycles. The molecule has 114 valence electrons. The van der Waals surface area contributed by atoms with Crippen molar-refractivity contribution in [3.63, 3.8) is 0 Å². The van der Waals surface area contributed by atoms with Gasteiger partial charge in [0.2, 0.25) is 0 Å². The summed E-state index contributed by atoms with van der Waals surface area (Å²) in [5.41, 5.74) is 4.96. The van der Waals surface area contributed by atoms with E-state index in [0.29, 0.717) is 11.7 Å². The lowest BCUT2D eigenvalue weighted by molar-refractivity contribution is -0.138. The number of hydrogen-bond donors (Lipinski definition) is 2. The fourth-order valence-electron chi connectivity index (χ4n) is 1.83. The highest BCUT2D eigenvalue weighted by Gasteiger charge is 2.33. The normalized spacial score (nSPS) is 11.6. The monoisotopic (exact) mass is 317 g/mol. The van der Waals surface area contributed by atoms with Gasteiger partial charge >= 0.3 is 6.18 Å². The molecule has 1 aromatic carbocycles. The van der Waals surface area contributed by atoms with Gasteiger partial charge in [-0.15, -0.1) is 11.3 Å². The molecule has 0 radical (unpaired) electrons. The lowest BCUT2D eigenvalue weighted by Crippen LogP contribution is -2.17. The molecule has 2 aromatic rings. The molecule has 8 heteroatoms. The van der Waals surface area contributed by atoms with Crippen LogP contribution in [0.3, 0.4) is 0 Å². The maximum Gasteiger partial charge on any atom is 0.416 e. The number of hydrogen-bond acceptors (Lipinski definition) is 5. The van der Waals surface area contributed by atoms with E-state index in [1.54, 1.807) is 6.20 Å². The van der Waals surface area contributed by atoms with Crippen molar-refractivity contribution < 1.29 is 17.9 Å². The first-order valence-electron chi connectivity index (χ1n) is 6.05. The molecule has 1 aromatic heterocycles. The van der Waals surface area contributed by atoms with Crippen molar-refractivity contribution in [3.8, 4) is 5.75 Å². The number of halogens is 3. The number of nitrogens with one attached hydrogen (secondary N) is 1. The molecule has 0 aliphatic heterocycles. The summed E-state index contributed by atoms with van der Waals surface area (Å²) >= 11 is 1.30. The van der Waals surface area contributed by atoms with E-state index >= 15 is 0 Å². The van der Waals surface area contributed by atoms with E-state index in [9.17, 15) is 13.2 Å². The van der Waals surface area contributed by atoms with Crippen molar-refractivity contribution in [1.82, 2.24) is 10.3 Å². The average Bonchev–Trinajstić information content (AvgIpc) is 2.83. The Bertz CT molecular complexity index is 613. The van der Waals surface area contributed by atoms with Crippen LogP contribution in [-0.2, 0) is 19.3 Å². The fraction of sp³-hybridized carbons (Fsp3) is 0.308. The average molecular weight is 317 g/mol. The molecule has 0 unspecified atom stereocenters. The van der Waals surface area contributed by atoms with E-state index in [4.69, 9.17) is 10.5 Å². The Hall–Kier alpha value is -1.80. The highest BCUT2D eigenvalue weighted by molar-refractivity contribution is 7.15. The van der Waals surface area contributed by atoms with Gasteiger partial charge in [0.15, 0.2) is 5.13 Å². The van der Waals surface area contributed by atoms with Crippen LogP contribution in [0.1, 0.15) is 16.0 Å². The van der Waals surface area contributed by atoms with Gasteiger partial charge in [-0.3, -0.25) is 0 Å². The minimum atomic E-state index is -4.42. The Morgan fingerprint density at radius 3 is 2.67 bits per heavy atom. The molecule has 1 heterocycles. The zero-order chi connectivity index (χ0) is 15.5. The second-order valence-corrected chi connectivity index (χ2v) is 5.44. The molecule has 0 spiro atoms. The maximum absolute atomic E-state index is 13.0. The van der Waals surface area contributed by atoms with E-state index in [-0.39, 0.29) is 17.9 Å². The molecular weight excluding hydrogens is 303 g/mol. The quantitative estimate of drug-likeness (QED) is 0.890. The number of thiazole rings is 1. The summed E-state index contributed by atoms with van der Waals surface area (Å²) in [5.74, 6) is 0.182. The molecule has 3 N–H and O–H groups in total. The van der Waals surface area contributed by atoms with E-state index in [0.717, 1.165) is 10.9 Å². The van der Waals surface area contributed by atoms with Crippen LogP contribution < -0.4 is 15.8 Å². The van der Waals surface area contributed by atoms with Gasteiger partial charge in [0, 0.05) is 24.2 Å². The number of ether oxygens (including phenoxy) is 1. The molecule has 0 saturated carbocycles. The van der Waals surface area contributed by atoms with Gasteiger partial charge in [0.1, 0.15) is 5.75 Å². The largest absolute Gasteiger partial charge is 0.497 e. The van der Waals surface area contributed by atoms with Gasteiger partial charge in [-0.2, -0.15) is 13.2 Å². The van der Waals surface area contributed by atoms with Crippen molar-refractivity contribution in [2.75, 3.05) is 12.8 Å². The molecular formula is C13H14F3N3OS. The standard InChI is InChI=1S/C13H14F3N3OS/c1-20-9-3-2-8(11(4-9)13(14,15)16)5-18-6-10-7-19-12(17)21-10/h2-4,7,18H,5-6H2,1H3,(H2,17,19). The van der Waals surface area contributed by atoms with Gasteiger partial charge < -0.3 is 15.8 Å². The summed E-state index contributed by atoms with van der Waals surface area (Å²) in [7, 11) is 1.33. The highest BCUT2D eigenvalue weighted by Crippen LogP contribution is 2.34. The topological polar surface area (TPSA) is 60.2 Å². The predicted molar refractivity (Wildman–Crippen MR) is 75.1 cm³/mol. The number of nitrogens with two attached hydrogens (primary N) is 1. The van der Waals surface area contributed by atoms with Crippen LogP contribution in [0.5, 0.6) is 5.75 Å². The molecule has 0 aliphatic rings. The van der Waals surface area contributed by atoms with Crippen molar-refractivity contribution in [3.05, 3.63) is 40.4 Å². The second-order valence-electron chi connectivity index (χ2n) is 4.29. The second kappa shape index (κ2) is 6.31. The van der Waals surface area contributed by atoms with Gasteiger partial charge in [-0.25, -0.2) is 4.98 Å². The zero-order valence-corrected chi connectivity index (χ0v) is 12.0. The summed E-state index contributed by atoms with van der Waals surface area (Å²) in [4.78, 5) is 4.75. The summed E-state index contributed by atoms with van der Waals surface area (Å²) in [5, 5.41) is 3.39. The van der Waals surface area contributed by atoms with Crippen LogP contribution in [-0.4, -0.2) is 12.1 Å². The Morgan fingerprint density at radius 2 is 2.10 bits per heavy atom. The first-order valence-corrected chi connectivity index (χ1v) is 6.87. The Labute approximate surface area is 123 Å². The van der Waals surface area contributed by atoms with Crippen molar-refractivity contribution in [2.24, 2.45) is 0 Å². The molecule has 0 amide bonds. The molecule has 0 bridgehead atoms. The number of anilines is 1. The number of methoxy groups -OCH3 is 1. The van der Waals surface area contributed by atoms with E-state index < -0.39 is 11.7 Å². The molecule has 21 heavy (non-hydrogen) atoms. The third kappa shape index (κ3) is 4.08. The Morgan fingerprint density at radius 1 is 1.33 bits per heavy atom. The van der Waals surface area contributed by atoms with Gasteiger partial charge in [0.25, 0.3) is 0 Å². The predicted octanol–water partition coefficient (Wildman–Crippen LogP) is 3.04. The van der Waals surface area contributed by atoms with E-state index in [1.165, 1.54) is 30.6 Å². The summed E-state index contributed by atoms with van der Waals surface area (Å²) in [6.45, 7) is 0.509. The van der Waals surface area contributed by atoms with Gasteiger partial charge in [-0.1, -0.05) is 6.07 Å². The van der Waals surface area contributed by atoms with E-state index in [2.05, 4.69) is 10.3 Å². The minimum Gasteiger partial charge on any atom is -0.497 e. The smallest absolute Gasteiger partial charge is 0.416 e. The molecule has 4 nitrogen and oxygen atoms in total. The minimum absolute atomic E-state index is 0.0939. The van der Waals surface area contributed by atoms with Crippen LogP contribution in [0.4, 0.5) is 18.3 Å². The number of benzene rings is 1. The van der Waals surface area contributed by atoms with Crippen molar-refractivity contribution in [1.29, 1.82) is 0 Å². The number of rotatable bonds is 5. The SMILES string of the molecule is COc1ccc(CNCc2cnc(N)s2)c(C(F)(F)F)c1. The first-order chi connectivity index (χ1) is 9.90. The Kier molecular flexibility index (Phi) is 4.69. The maximum atomic E-state index is 13.0. The Balaban J connectivity index is 2.08. The third-order valence-corrected chi connectivity index (χ3v) is 3.64. The van der Waals surface area contributed by atoms with Crippen LogP contribution in [0.15, 0.2) is 24.4 Å². The molecule has 0 atom stereocenters.